The first-order valence-electron chi connectivity index (χ1n) is 6.47. The summed E-state index contributed by atoms with van der Waals surface area (Å²) in [6, 6.07) is 5.91. The first-order chi connectivity index (χ1) is 8.81. The second-order valence-electron chi connectivity index (χ2n) is 3.83. The maximum Gasteiger partial charge on any atom is 0.251 e. The number of carbonyl (C=O) groups is 1. The van der Waals surface area contributed by atoms with Crippen molar-refractivity contribution in [3.05, 3.63) is 59.2 Å². The molecule has 2 nitrogen and oxygen atoms in total. The van der Waals surface area contributed by atoms with Gasteiger partial charge < -0.3 is 5.32 Å². The normalized spacial score (nSPS) is 14.4. The summed E-state index contributed by atoms with van der Waals surface area (Å²) in [6.07, 6.45) is 10.2. The number of fused-ring (bicyclic) bond motifs is 1. The van der Waals surface area contributed by atoms with Gasteiger partial charge in [0.1, 0.15) is 0 Å². The molecule has 1 aromatic carbocycles. The Bertz CT molecular complexity index is 458. The van der Waals surface area contributed by atoms with Gasteiger partial charge in [0, 0.05) is 12.6 Å². The van der Waals surface area contributed by atoms with Crippen molar-refractivity contribution < 1.29 is 4.79 Å². The molecular weight excluding hydrogens is 222 g/mol. The van der Waals surface area contributed by atoms with E-state index in [2.05, 4.69) is 29.6 Å². The van der Waals surface area contributed by atoms with E-state index < -0.39 is 0 Å². The second-order valence-corrected chi connectivity index (χ2v) is 3.83. The predicted octanol–water partition coefficient (Wildman–Crippen LogP) is 3.28. The van der Waals surface area contributed by atoms with Gasteiger partial charge in [-0.3, -0.25) is 4.79 Å². The number of benzene rings is 1. The third-order valence-corrected chi connectivity index (χ3v) is 2.75. The van der Waals surface area contributed by atoms with Crippen LogP contribution in [0.1, 0.15) is 35.3 Å². The van der Waals surface area contributed by atoms with Gasteiger partial charge in [-0.15, -0.1) is 0 Å². The first-order valence-corrected chi connectivity index (χ1v) is 6.47. The molecular formula is C16H21NO. The summed E-state index contributed by atoms with van der Waals surface area (Å²) in [5.41, 5.74) is 3.27. The highest BCUT2D eigenvalue weighted by atomic mass is 16.1. The Morgan fingerprint density at radius 3 is 2.28 bits per heavy atom. The summed E-state index contributed by atoms with van der Waals surface area (Å²) < 4.78 is 0. The molecule has 0 unspecified atom stereocenters. The van der Waals surface area contributed by atoms with Crippen LogP contribution in [-0.2, 0) is 12.8 Å². The molecule has 0 saturated heterocycles. The fraction of sp³-hybridized carbons (Fsp3) is 0.312. The Morgan fingerprint density at radius 2 is 1.67 bits per heavy atom. The van der Waals surface area contributed by atoms with E-state index in [1.807, 2.05) is 32.0 Å². The van der Waals surface area contributed by atoms with Crippen LogP contribution in [0.15, 0.2) is 42.5 Å². The molecule has 0 aliphatic heterocycles. The molecule has 0 heterocycles. The zero-order valence-corrected chi connectivity index (χ0v) is 11.4. The van der Waals surface area contributed by atoms with Crippen LogP contribution in [-0.4, -0.2) is 13.0 Å². The molecule has 1 aliphatic carbocycles. The van der Waals surface area contributed by atoms with Crippen molar-refractivity contribution in [1.82, 2.24) is 5.32 Å². The highest BCUT2D eigenvalue weighted by Crippen LogP contribution is 2.16. The van der Waals surface area contributed by atoms with Gasteiger partial charge in [-0.25, -0.2) is 0 Å². The van der Waals surface area contributed by atoms with Crippen LogP contribution in [0.2, 0.25) is 0 Å². The summed E-state index contributed by atoms with van der Waals surface area (Å²) in [4.78, 5) is 11.5. The summed E-state index contributed by atoms with van der Waals surface area (Å²) in [5, 5.41) is 2.65. The van der Waals surface area contributed by atoms with Crippen LogP contribution in [0.25, 0.3) is 0 Å². The highest BCUT2D eigenvalue weighted by molar-refractivity contribution is 5.94. The van der Waals surface area contributed by atoms with E-state index in [1.165, 1.54) is 11.1 Å². The van der Waals surface area contributed by atoms with Crippen molar-refractivity contribution in [2.75, 3.05) is 7.05 Å². The summed E-state index contributed by atoms with van der Waals surface area (Å²) in [7, 11) is 1.65. The molecule has 0 radical (unpaired) electrons. The topological polar surface area (TPSA) is 29.1 Å². The lowest BCUT2D eigenvalue weighted by atomic mass is 9.97. The Balaban J connectivity index is 0.000000771. The van der Waals surface area contributed by atoms with E-state index in [-0.39, 0.29) is 5.91 Å². The average Bonchev–Trinajstić information content (AvgIpc) is 2.40. The molecule has 0 saturated carbocycles. The molecule has 0 atom stereocenters. The van der Waals surface area contributed by atoms with Gasteiger partial charge in [-0.1, -0.05) is 44.2 Å². The zero-order valence-electron chi connectivity index (χ0n) is 11.4. The largest absolute Gasteiger partial charge is 0.355 e. The van der Waals surface area contributed by atoms with Crippen molar-refractivity contribution in [1.29, 1.82) is 0 Å². The predicted molar refractivity (Wildman–Crippen MR) is 76.9 cm³/mol. The molecule has 96 valence electrons. The smallest absolute Gasteiger partial charge is 0.251 e. The van der Waals surface area contributed by atoms with Crippen LogP contribution >= 0.6 is 0 Å². The zero-order chi connectivity index (χ0) is 13.4. The van der Waals surface area contributed by atoms with E-state index in [0.717, 1.165) is 18.4 Å². The van der Waals surface area contributed by atoms with E-state index in [9.17, 15) is 4.79 Å². The van der Waals surface area contributed by atoms with Gasteiger partial charge >= 0.3 is 0 Å². The van der Waals surface area contributed by atoms with E-state index >= 15 is 0 Å². The van der Waals surface area contributed by atoms with Gasteiger partial charge in [0.25, 0.3) is 5.91 Å². The first kappa shape index (κ1) is 14.2. The lowest BCUT2D eigenvalue weighted by Crippen LogP contribution is -2.18. The number of hydrogen-bond acceptors (Lipinski definition) is 1. The third-order valence-electron chi connectivity index (χ3n) is 2.75. The molecule has 2 heteroatoms. The van der Waals surface area contributed by atoms with Gasteiger partial charge in [0.2, 0.25) is 0 Å². The van der Waals surface area contributed by atoms with Crippen LogP contribution < -0.4 is 5.32 Å². The Hall–Kier alpha value is -1.83. The number of nitrogens with one attached hydrogen (secondary N) is 1. The molecule has 1 aliphatic rings. The number of rotatable bonds is 1. The van der Waals surface area contributed by atoms with Crippen molar-refractivity contribution in [3.63, 3.8) is 0 Å². The quantitative estimate of drug-likeness (QED) is 0.805. The maximum absolute atomic E-state index is 11.5. The molecule has 0 fully saturated rings. The van der Waals surface area contributed by atoms with E-state index in [1.54, 1.807) is 7.05 Å². The molecule has 0 aromatic heterocycles. The molecule has 0 spiro atoms. The van der Waals surface area contributed by atoms with Crippen molar-refractivity contribution >= 4 is 5.91 Å². The van der Waals surface area contributed by atoms with Gasteiger partial charge in [-0.2, -0.15) is 0 Å². The molecule has 0 bridgehead atoms. The number of amides is 1. The Morgan fingerprint density at radius 1 is 1.06 bits per heavy atom. The minimum atomic E-state index is -0.0237. The Labute approximate surface area is 109 Å². The fourth-order valence-corrected chi connectivity index (χ4v) is 1.85. The number of allylic oxidation sites excluding steroid dienone is 4. The molecule has 1 aromatic rings. The van der Waals surface area contributed by atoms with Gasteiger partial charge in [0.05, 0.1) is 0 Å². The molecule has 18 heavy (non-hydrogen) atoms. The SMILES string of the molecule is CC.CNC(=O)c1ccc2c(c1)C/C=C\C=CC2. The molecule has 1 amide bonds. The van der Waals surface area contributed by atoms with Crippen molar-refractivity contribution in [3.8, 4) is 0 Å². The minimum absolute atomic E-state index is 0.0237. The molecule has 1 N–H and O–H groups in total. The fourth-order valence-electron chi connectivity index (χ4n) is 1.85. The van der Waals surface area contributed by atoms with Crippen LogP contribution in [0.5, 0.6) is 0 Å². The standard InChI is InChI=1S/C14H15NO.C2H6/c1-15-14(16)13-9-8-11-6-4-2-3-5-7-12(11)10-13;1-2/h2-5,8-10H,6-7H2,1H3,(H,15,16);1-2H3/b4-2?,5-3-;. The second kappa shape index (κ2) is 7.49. The highest BCUT2D eigenvalue weighted by Gasteiger charge is 2.07. The molecule has 2 rings (SSSR count). The number of hydrogen-bond donors (Lipinski definition) is 1. The van der Waals surface area contributed by atoms with Gasteiger partial charge in [0.15, 0.2) is 0 Å². The summed E-state index contributed by atoms with van der Waals surface area (Å²) >= 11 is 0. The third kappa shape index (κ3) is 3.59. The van der Waals surface area contributed by atoms with Crippen molar-refractivity contribution in [2.45, 2.75) is 26.7 Å². The van der Waals surface area contributed by atoms with E-state index in [0.29, 0.717) is 0 Å². The van der Waals surface area contributed by atoms with Crippen molar-refractivity contribution in [2.24, 2.45) is 0 Å². The minimum Gasteiger partial charge on any atom is -0.355 e. The number of carbonyl (C=O) groups excluding carboxylic acids is 1. The van der Waals surface area contributed by atoms with Gasteiger partial charge in [-0.05, 0) is 36.1 Å². The average molecular weight is 243 g/mol. The lowest BCUT2D eigenvalue weighted by Gasteiger charge is -2.09. The van der Waals surface area contributed by atoms with Crippen LogP contribution in [0, 0.1) is 0 Å². The van der Waals surface area contributed by atoms with Crippen LogP contribution in [0.3, 0.4) is 0 Å². The lowest BCUT2D eigenvalue weighted by molar-refractivity contribution is 0.0963. The van der Waals surface area contributed by atoms with E-state index in [4.69, 9.17) is 0 Å². The van der Waals surface area contributed by atoms with Crippen LogP contribution in [0.4, 0.5) is 0 Å². The Kier molecular flexibility index (Phi) is 5.92. The summed E-state index contributed by atoms with van der Waals surface area (Å²) in [6.45, 7) is 4.00. The maximum atomic E-state index is 11.5. The summed E-state index contributed by atoms with van der Waals surface area (Å²) in [5.74, 6) is -0.0237. The monoisotopic (exact) mass is 243 g/mol.